The van der Waals surface area contributed by atoms with E-state index < -0.39 is 0 Å². The first kappa shape index (κ1) is 16.2. The molecule has 0 fully saturated rings. The van der Waals surface area contributed by atoms with Gasteiger partial charge in [-0.1, -0.05) is 19.1 Å². The second kappa shape index (κ2) is 9.98. The summed E-state index contributed by atoms with van der Waals surface area (Å²) in [7, 11) is 0. The highest BCUT2D eigenvalue weighted by molar-refractivity contribution is 7.98. The molecule has 0 amide bonds. The van der Waals surface area contributed by atoms with Crippen LogP contribution in [0.4, 0.5) is 0 Å². The van der Waals surface area contributed by atoms with Crippen LogP contribution >= 0.6 is 11.8 Å². The predicted molar refractivity (Wildman–Crippen MR) is 83.6 cm³/mol. The van der Waals surface area contributed by atoms with Crippen molar-refractivity contribution in [2.24, 2.45) is 0 Å². The molecule has 0 aromatic heterocycles. The molecule has 108 valence electrons. The summed E-state index contributed by atoms with van der Waals surface area (Å²) in [5.74, 6) is 2.79. The van der Waals surface area contributed by atoms with Gasteiger partial charge in [-0.15, -0.1) is 0 Å². The second-order valence-electron chi connectivity index (χ2n) is 4.24. The maximum absolute atomic E-state index is 5.77. The van der Waals surface area contributed by atoms with E-state index in [0.717, 1.165) is 30.2 Å². The molecule has 1 atom stereocenters. The molecule has 0 saturated carbocycles. The first-order valence-corrected chi connectivity index (χ1v) is 8.28. The maximum Gasteiger partial charge on any atom is 0.161 e. The number of ether oxygens (including phenoxy) is 2. The van der Waals surface area contributed by atoms with Crippen LogP contribution in [0, 0.1) is 0 Å². The van der Waals surface area contributed by atoms with E-state index in [2.05, 4.69) is 18.5 Å². The van der Waals surface area contributed by atoms with Crippen LogP contribution in [0.25, 0.3) is 0 Å². The third kappa shape index (κ3) is 6.21. The zero-order valence-corrected chi connectivity index (χ0v) is 13.0. The van der Waals surface area contributed by atoms with Gasteiger partial charge in [0.2, 0.25) is 0 Å². The third-order valence-electron chi connectivity index (χ3n) is 2.80. The van der Waals surface area contributed by atoms with Crippen LogP contribution < -0.4 is 14.8 Å². The lowest BCUT2D eigenvalue weighted by Gasteiger charge is -2.16. The van der Waals surface area contributed by atoms with Crippen LogP contribution in [0.1, 0.15) is 20.3 Å². The highest BCUT2D eigenvalue weighted by atomic mass is 32.2. The Morgan fingerprint density at radius 2 is 1.84 bits per heavy atom. The van der Waals surface area contributed by atoms with Crippen molar-refractivity contribution in [2.75, 3.05) is 31.8 Å². The average molecular weight is 283 g/mol. The van der Waals surface area contributed by atoms with E-state index in [0.29, 0.717) is 19.3 Å². The molecule has 0 bridgehead atoms. The Morgan fingerprint density at radius 1 is 1.16 bits per heavy atom. The van der Waals surface area contributed by atoms with Crippen molar-refractivity contribution in [3.05, 3.63) is 24.3 Å². The van der Waals surface area contributed by atoms with E-state index in [1.165, 1.54) is 0 Å². The lowest BCUT2D eigenvalue weighted by atomic mass is 10.2. The number of benzene rings is 1. The SMILES string of the molecule is CCOc1ccccc1OCCNC(CC)CSC. The number of hydrogen-bond donors (Lipinski definition) is 1. The number of para-hydroxylation sites is 2. The van der Waals surface area contributed by atoms with Crippen molar-refractivity contribution in [3.8, 4) is 11.5 Å². The molecule has 0 aliphatic heterocycles. The Balaban J connectivity index is 2.32. The van der Waals surface area contributed by atoms with Crippen LogP contribution in [-0.4, -0.2) is 37.8 Å². The van der Waals surface area contributed by atoms with Gasteiger partial charge < -0.3 is 14.8 Å². The van der Waals surface area contributed by atoms with Crippen LogP contribution in [-0.2, 0) is 0 Å². The predicted octanol–water partition coefficient (Wildman–Crippen LogP) is 3.20. The molecule has 1 N–H and O–H groups in total. The van der Waals surface area contributed by atoms with Crippen LogP contribution in [0.2, 0.25) is 0 Å². The van der Waals surface area contributed by atoms with Gasteiger partial charge in [0.05, 0.1) is 6.61 Å². The van der Waals surface area contributed by atoms with Gasteiger partial charge in [0.1, 0.15) is 6.61 Å². The minimum atomic E-state index is 0.570. The van der Waals surface area contributed by atoms with Gasteiger partial charge in [-0.2, -0.15) is 11.8 Å². The van der Waals surface area contributed by atoms with Crippen molar-refractivity contribution in [1.82, 2.24) is 5.32 Å². The van der Waals surface area contributed by atoms with Crippen LogP contribution in [0.3, 0.4) is 0 Å². The van der Waals surface area contributed by atoms with Crippen molar-refractivity contribution in [2.45, 2.75) is 26.3 Å². The summed E-state index contributed by atoms with van der Waals surface area (Å²) in [6, 6.07) is 8.38. The topological polar surface area (TPSA) is 30.5 Å². The summed E-state index contributed by atoms with van der Waals surface area (Å²) in [5.41, 5.74) is 0. The smallest absolute Gasteiger partial charge is 0.161 e. The average Bonchev–Trinajstić information content (AvgIpc) is 2.44. The standard InChI is InChI=1S/C15H25NO2S/c1-4-13(12-19-3)16-10-11-18-15-9-7-6-8-14(15)17-5-2/h6-9,13,16H,4-5,10-12H2,1-3H3. The number of thioether (sulfide) groups is 1. The van der Waals surface area contributed by atoms with E-state index in [1.807, 2.05) is 43.0 Å². The Labute approximate surface area is 121 Å². The summed E-state index contributed by atoms with van der Waals surface area (Å²) in [6.07, 6.45) is 3.29. The quantitative estimate of drug-likeness (QED) is 0.668. The first-order chi connectivity index (χ1) is 9.31. The molecule has 1 unspecified atom stereocenters. The Morgan fingerprint density at radius 3 is 2.42 bits per heavy atom. The summed E-state index contributed by atoms with van der Waals surface area (Å²) in [6.45, 7) is 6.37. The van der Waals surface area contributed by atoms with Gasteiger partial charge in [-0.25, -0.2) is 0 Å². The summed E-state index contributed by atoms with van der Waals surface area (Å²) < 4.78 is 11.3. The molecule has 0 aliphatic carbocycles. The van der Waals surface area contributed by atoms with Crippen molar-refractivity contribution in [3.63, 3.8) is 0 Å². The van der Waals surface area contributed by atoms with E-state index in [4.69, 9.17) is 9.47 Å². The fourth-order valence-electron chi connectivity index (χ4n) is 1.79. The van der Waals surface area contributed by atoms with E-state index in [1.54, 1.807) is 0 Å². The van der Waals surface area contributed by atoms with Crippen LogP contribution in [0.15, 0.2) is 24.3 Å². The Kier molecular flexibility index (Phi) is 8.50. The molecule has 0 radical (unpaired) electrons. The molecule has 1 aromatic carbocycles. The minimum absolute atomic E-state index is 0.570. The normalized spacial score (nSPS) is 12.2. The number of rotatable bonds is 10. The number of nitrogens with one attached hydrogen (secondary N) is 1. The zero-order chi connectivity index (χ0) is 13.9. The van der Waals surface area contributed by atoms with Crippen molar-refractivity contribution in [1.29, 1.82) is 0 Å². The maximum atomic E-state index is 5.77. The monoisotopic (exact) mass is 283 g/mol. The molecular formula is C15H25NO2S. The highest BCUT2D eigenvalue weighted by Crippen LogP contribution is 2.25. The van der Waals surface area contributed by atoms with E-state index in [9.17, 15) is 0 Å². The molecule has 1 rings (SSSR count). The summed E-state index contributed by atoms with van der Waals surface area (Å²) in [5, 5.41) is 3.51. The molecule has 19 heavy (non-hydrogen) atoms. The van der Waals surface area contributed by atoms with Gasteiger partial charge in [0.15, 0.2) is 11.5 Å². The Bertz CT molecular complexity index is 347. The van der Waals surface area contributed by atoms with Gasteiger partial charge in [-0.3, -0.25) is 0 Å². The number of hydrogen-bond acceptors (Lipinski definition) is 4. The van der Waals surface area contributed by atoms with E-state index >= 15 is 0 Å². The molecule has 1 aromatic rings. The summed E-state index contributed by atoms with van der Waals surface area (Å²) in [4.78, 5) is 0. The molecule has 0 spiro atoms. The van der Waals surface area contributed by atoms with E-state index in [-0.39, 0.29) is 0 Å². The lowest BCUT2D eigenvalue weighted by molar-refractivity contribution is 0.272. The van der Waals surface area contributed by atoms with Gasteiger partial charge in [-0.05, 0) is 31.7 Å². The third-order valence-corrected chi connectivity index (χ3v) is 3.54. The van der Waals surface area contributed by atoms with Gasteiger partial charge >= 0.3 is 0 Å². The fourth-order valence-corrected chi connectivity index (χ4v) is 2.55. The molecular weight excluding hydrogens is 258 g/mol. The minimum Gasteiger partial charge on any atom is -0.490 e. The second-order valence-corrected chi connectivity index (χ2v) is 5.15. The van der Waals surface area contributed by atoms with Crippen LogP contribution in [0.5, 0.6) is 11.5 Å². The van der Waals surface area contributed by atoms with Crippen molar-refractivity contribution < 1.29 is 9.47 Å². The van der Waals surface area contributed by atoms with Gasteiger partial charge in [0, 0.05) is 18.3 Å². The lowest BCUT2D eigenvalue weighted by Crippen LogP contribution is -2.33. The molecule has 4 heteroatoms. The summed E-state index contributed by atoms with van der Waals surface area (Å²) >= 11 is 1.87. The van der Waals surface area contributed by atoms with Crippen molar-refractivity contribution >= 4 is 11.8 Å². The Hall–Kier alpha value is -0.870. The molecule has 3 nitrogen and oxygen atoms in total. The fraction of sp³-hybridized carbons (Fsp3) is 0.600. The largest absolute Gasteiger partial charge is 0.490 e. The van der Waals surface area contributed by atoms with Gasteiger partial charge in [0.25, 0.3) is 0 Å². The zero-order valence-electron chi connectivity index (χ0n) is 12.1. The molecule has 0 saturated heterocycles. The highest BCUT2D eigenvalue weighted by Gasteiger charge is 2.05. The molecule has 0 aliphatic rings. The molecule has 0 heterocycles. The first-order valence-electron chi connectivity index (χ1n) is 6.88.